The van der Waals surface area contributed by atoms with E-state index in [0.29, 0.717) is 24.9 Å². The van der Waals surface area contributed by atoms with Crippen LogP contribution in [0.1, 0.15) is 57.3 Å². The number of rotatable bonds is 7. The van der Waals surface area contributed by atoms with Crippen molar-refractivity contribution in [3.05, 3.63) is 11.7 Å². The van der Waals surface area contributed by atoms with Crippen molar-refractivity contribution in [1.29, 1.82) is 0 Å². The van der Waals surface area contributed by atoms with Crippen molar-refractivity contribution in [3.8, 4) is 0 Å². The molecular formula is C11H21N3O2. The van der Waals surface area contributed by atoms with Crippen LogP contribution in [-0.4, -0.2) is 23.3 Å². The molecule has 0 bridgehead atoms. The van der Waals surface area contributed by atoms with Gasteiger partial charge >= 0.3 is 0 Å². The van der Waals surface area contributed by atoms with Crippen LogP contribution in [-0.2, 0) is 4.74 Å². The van der Waals surface area contributed by atoms with Crippen molar-refractivity contribution in [3.63, 3.8) is 0 Å². The highest BCUT2D eigenvalue weighted by Crippen LogP contribution is 2.21. The third-order valence-corrected chi connectivity index (χ3v) is 2.50. The molecule has 2 atom stereocenters. The highest BCUT2D eigenvalue weighted by atomic mass is 16.5. The van der Waals surface area contributed by atoms with E-state index in [1.165, 1.54) is 0 Å². The Balaban J connectivity index is 2.56. The highest BCUT2D eigenvalue weighted by molar-refractivity contribution is 4.94. The van der Waals surface area contributed by atoms with Crippen LogP contribution in [0.4, 0.5) is 0 Å². The molecule has 5 nitrogen and oxygen atoms in total. The number of hydrogen-bond acceptors (Lipinski definition) is 5. The minimum absolute atomic E-state index is 0.107. The van der Waals surface area contributed by atoms with Gasteiger partial charge in [0.15, 0.2) is 5.82 Å². The lowest BCUT2D eigenvalue weighted by Crippen LogP contribution is -2.04. The molecule has 1 rings (SSSR count). The zero-order valence-corrected chi connectivity index (χ0v) is 10.3. The fourth-order valence-electron chi connectivity index (χ4n) is 1.48. The van der Waals surface area contributed by atoms with E-state index >= 15 is 0 Å². The Hall–Kier alpha value is -0.940. The Morgan fingerprint density at radius 3 is 2.81 bits per heavy atom. The van der Waals surface area contributed by atoms with Crippen LogP contribution < -0.4 is 5.73 Å². The molecule has 2 unspecified atom stereocenters. The van der Waals surface area contributed by atoms with Crippen molar-refractivity contribution in [2.75, 3.05) is 13.2 Å². The van der Waals surface area contributed by atoms with Gasteiger partial charge < -0.3 is 15.0 Å². The van der Waals surface area contributed by atoms with E-state index in [1.807, 2.05) is 13.8 Å². The minimum atomic E-state index is -0.107. The molecule has 92 valence electrons. The highest BCUT2D eigenvalue weighted by Gasteiger charge is 2.17. The average Bonchev–Trinajstić information content (AvgIpc) is 2.75. The molecule has 0 saturated carbocycles. The summed E-state index contributed by atoms with van der Waals surface area (Å²) in [6.07, 6.45) is 1.84. The van der Waals surface area contributed by atoms with E-state index < -0.39 is 0 Å². The van der Waals surface area contributed by atoms with Gasteiger partial charge in [0, 0.05) is 12.5 Å². The number of nitrogens with two attached hydrogens (primary N) is 1. The maximum Gasteiger partial charge on any atom is 0.229 e. The summed E-state index contributed by atoms with van der Waals surface area (Å²) < 4.78 is 10.6. The van der Waals surface area contributed by atoms with E-state index in [-0.39, 0.29) is 12.0 Å². The first kappa shape index (κ1) is 13.1. The summed E-state index contributed by atoms with van der Waals surface area (Å²) in [6.45, 7) is 7.27. The summed E-state index contributed by atoms with van der Waals surface area (Å²) >= 11 is 0. The Labute approximate surface area is 96.4 Å². The predicted octanol–water partition coefficient (Wildman–Crippen LogP) is 2.01. The fraction of sp³-hybridized carbons (Fsp3) is 0.818. The van der Waals surface area contributed by atoms with Crippen LogP contribution in [0.3, 0.4) is 0 Å². The molecule has 0 radical (unpaired) electrons. The largest absolute Gasteiger partial charge is 0.371 e. The normalized spacial score (nSPS) is 15.0. The van der Waals surface area contributed by atoms with Crippen LogP contribution in [0.5, 0.6) is 0 Å². The second-order valence-corrected chi connectivity index (χ2v) is 3.92. The number of nitrogens with zero attached hydrogens (tertiary/aromatic N) is 2. The van der Waals surface area contributed by atoms with Gasteiger partial charge in [-0.15, -0.1) is 0 Å². The van der Waals surface area contributed by atoms with Gasteiger partial charge in [0.25, 0.3) is 0 Å². The molecule has 0 amide bonds. The van der Waals surface area contributed by atoms with Gasteiger partial charge in [-0.2, -0.15) is 4.98 Å². The third kappa shape index (κ3) is 3.57. The summed E-state index contributed by atoms with van der Waals surface area (Å²) in [7, 11) is 0. The molecule has 0 aromatic carbocycles. The molecule has 16 heavy (non-hydrogen) atoms. The minimum Gasteiger partial charge on any atom is -0.371 e. The van der Waals surface area contributed by atoms with E-state index in [0.717, 1.165) is 12.8 Å². The summed E-state index contributed by atoms with van der Waals surface area (Å²) in [5, 5.41) is 3.92. The second-order valence-electron chi connectivity index (χ2n) is 3.92. The zero-order valence-electron chi connectivity index (χ0n) is 10.3. The van der Waals surface area contributed by atoms with E-state index in [9.17, 15) is 0 Å². The monoisotopic (exact) mass is 227 g/mol. The molecular weight excluding hydrogens is 206 g/mol. The molecule has 0 fully saturated rings. The Morgan fingerprint density at radius 1 is 1.44 bits per heavy atom. The van der Waals surface area contributed by atoms with Crippen LogP contribution in [0.25, 0.3) is 0 Å². The van der Waals surface area contributed by atoms with Crippen molar-refractivity contribution < 1.29 is 9.26 Å². The van der Waals surface area contributed by atoms with Crippen LogP contribution in [0.15, 0.2) is 4.52 Å². The van der Waals surface area contributed by atoms with Gasteiger partial charge in [0.1, 0.15) is 6.10 Å². The Kier molecular flexibility index (Phi) is 5.42. The zero-order chi connectivity index (χ0) is 12.0. The van der Waals surface area contributed by atoms with Crippen LogP contribution in [0.2, 0.25) is 0 Å². The van der Waals surface area contributed by atoms with E-state index in [4.69, 9.17) is 15.0 Å². The number of aromatic nitrogens is 2. The SMILES string of the molecule is CCOC(C)c1noc(C(C)CCCN)n1. The van der Waals surface area contributed by atoms with Crippen molar-refractivity contribution in [2.24, 2.45) is 5.73 Å². The summed E-state index contributed by atoms with van der Waals surface area (Å²) in [5.41, 5.74) is 5.46. The molecule has 0 aliphatic heterocycles. The lowest BCUT2D eigenvalue weighted by molar-refractivity contribution is 0.0683. The first-order valence-electron chi connectivity index (χ1n) is 5.84. The lowest BCUT2D eigenvalue weighted by atomic mass is 10.1. The summed E-state index contributed by atoms with van der Waals surface area (Å²) in [5.74, 6) is 1.56. The predicted molar refractivity (Wildman–Crippen MR) is 61.0 cm³/mol. The first-order valence-corrected chi connectivity index (χ1v) is 5.84. The molecule has 1 heterocycles. The fourth-order valence-corrected chi connectivity index (χ4v) is 1.48. The summed E-state index contributed by atoms with van der Waals surface area (Å²) in [4.78, 5) is 4.34. The van der Waals surface area contributed by atoms with Gasteiger partial charge in [-0.25, -0.2) is 0 Å². The molecule has 5 heteroatoms. The maximum absolute atomic E-state index is 5.46. The molecule has 0 saturated heterocycles. The standard InChI is InChI=1S/C11H21N3O2/c1-4-15-9(3)10-13-11(16-14-10)8(2)6-5-7-12/h8-9H,4-7,12H2,1-3H3. The number of hydrogen-bond donors (Lipinski definition) is 1. The van der Waals surface area contributed by atoms with Gasteiger partial charge in [-0.1, -0.05) is 12.1 Å². The van der Waals surface area contributed by atoms with Gasteiger partial charge in [0.05, 0.1) is 0 Å². The second kappa shape index (κ2) is 6.60. The van der Waals surface area contributed by atoms with Crippen molar-refractivity contribution in [2.45, 2.75) is 45.6 Å². The maximum atomic E-state index is 5.46. The van der Waals surface area contributed by atoms with Crippen molar-refractivity contribution in [1.82, 2.24) is 10.1 Å². The molecule has 0 spiro atoms. The first-order chi connectivity index (χ1) is 7.69. The molecule has 0 aliphatic carbocycles. The van der Waals surface area contributed by atoms with Crippen molar-refractivity contribution >= 4 is 0 Å². The van der Waals surface area contributed by atoms with Gasteiger partial charge in [-0.05, 0) is 33.2 Å². The quantitative estimate of drug-likeness (QED) is 0.771. The topological polar surface area (TPSA) is 74.2 Å². The van der Waals surface area contributed by atoms with Crippen LogP contribution in [0, 0.1) is 0 Å². The molecule has 2 N–H and O–H groups in total. The smallest absolute Gasteiger partial charge is 0.229 e. The molecule has 1 aromatic rings. The van der Waals surface area contributed by atoms with E-state index in [2.05, 4.69) is 17.1 Å². The lowest BCUT2D eigenvalue weighted by Gasteiger charge is -2.05. The number of ether oxygens (including phenoxy) is 1. The average molecular weight is 227 g/mol. The summed E-state index contributed by atoms with van der Waals surface area (Å²) in [6, 6.07) is 0. The molecule has 0 aliphatic rings. The van der Waals surface area contributed by atoms with Crippen LogP contribution >= 0.6 is 0 Å². The van der Waals surface area contributed by atoms with Gasteiger partial charge in [-0.3, -0.25) is 0 Å². The van der Waals surface area contributed by atoms with E-state index in [1.54, 1.807) is 0 Å². The molecule has 1 aromatic heterocycles. The third-order valence-electron chi connectivity index (χ3n) is 2.50. The Bertz CT molecular complexity index is 301. The Morgan fingerprint density at radius 2 is 2.19 bits per heavy atom. The van der Waals surface area contributed by atoms with Gasteiger partial charge in [0.2, 0.25) is 5.89 Å².